The highest BCUT2D eigenvalue weighted by atomic mass is 16.6. The second-order valence-electron chi connectivity index (χ2n) is 5.03. The smallest absolute Gasteiger partial charge is 0.408 e. The van der Waals surface area contributed by atoms with Gasteiger partial charge in [0.25, 0.3) is 0 Å². The number of carbonyl (C=O) groups excluding carboxylic acids is 3. The molecule has 0 aliphatic carbocycles. The van der Waals surface area contributed by atoms with Crippen LogP contribution in [0.4, 0.5) is 4.79 Å². The summed E-state index contributed by atoms with van der Waals surface area (Å²) in [7, 11) is 0. The number of nitrogens with one attached hydrogen (secondary N) is 1. The molecule has 1 amide bonds. The molecule has 0 heterocycles. The quantitative estimate of drug-likeness (QED) is 0.589. The monoisotopic (exact) mass is 243 g/mol. The van der Waals surface area contributed by atoms with Gasteiger partial charge in [-0.05, 0) is 26.7 Å². The first-order chi connectivity index (χ1) is 7.71. The summed E-state index contributed by atoms with van der Waals surface area (Å²) < 4.78 is 5.04. The van der Waals surface area contributed by atoms with Crippen molar-refractivity contribution in [2.24, 2.45) is 5.92 Å². The van der Waals surface area contributed by atoms with Crippen LogP contribution in [-0.4, -0.2) is 29.8 Å². The number of alkyl carbamates (subject to hydrolysis) is 1. The zero-order valence-corrected chi connectivity index (χ0v) is 11.1. The van der Waals surface area contributed by atoms with Crippen LogP contribution in [0.2, 0.25) is 0 Å². The molecule has 2 atom stereocenters. The number of hydrogen-bond acceptors (Lipinski definition) is 4. The second kappa shape index (κ2) is 6.37. The number of amides is 1. The van der Waals surface area contributed by atoms with E-state index in [1.807, 2.05) is 6.92 Å². The minimum absolute atomic E-state index is 0.111. The van der Waals surface area contributed by atoms with Crippen LogP contribution in [0.15, 0.2) is 0 Å². The Morgan fingerprint density at radius 2 is 1.88 bits per heavy atom. The van der Waals surface area contributed by atoms with Crippen molar-refractivity contribution in [2.75, 3.05) is 0 Å². The highest BCUT2D eigenvalue weighted by molar-refractivity contribution is 6.27. The zero-order chi connectivity index (χ0) is 13.6. The van der Waals surface area contributed by atoms with Gasteiger partial charge in [-0.15, -0.1) is 0 Å². The lowest BCUT2D eigenvalue weighted by molar-refractivity contribution is -0.132. The molecule has 98 valence electrons. The highest BCUT2D eigenvalue weighted by Crippen LogP contribution is 2.11. The Hall–Kier alpha value is -1.39. The van der Waals surface area contributed by atoms with Crippen molar-refractivity contribution >= 4 is 18.2 Å². The molecule has 0 saturated carbocycles. The average molecular weight is 243 g/mol. The molecule has 0 bridgehead atoms. The van der Waals surface area contributed by atoms with Crippen LogP contribution in [0.3, 0.4) is 0 Å². The Labute approximate surface area is 102 Å². The Bertz CT molecular complexity index is 293. The van der Waals surface area contributed by atoms with E-state index in [2.05, 4.69) is 5.32 Å². The molecule has 5 heteroatoms. The SMILES string of the molecule is CC[C@@H](C)[C@@H](NC(=O)OC(C)(C)C)C(=O)C=O. The van der Waals surface area contributed by atoms with Gasteiger partial charge in [0.15, 0.2) is 6.29 Å². The van der Waals surface area contributed by atoms with Crippen molar-refractivity contribution in [2.45, 2.75) is 52.7 Å². The van der Waals surface area contributed by atoms with Crippen molar-refractivity contribution in [1.82, 2.24) is 5.32 Å². The van der Waals surface area contributed by atoms with E-state index in [0.717, 1.165) is 0 Å². The Kier molecular flexibility index (Phi) is 5.85. The van der Waals surface area contributed by atoms with Crippen molar-refractivity contribution < 1.29 is 19.1 Å². The van der Waals surface area contributed by atoms with Gasteiger partial charge in [0.1, 0.15) is 11.6 Å². The molecule has 0 aromatic heterocycles. The van der Waals surface area contributed by atoms with Gasteiger partial charge in [-0.3, -0.25) is 9.59 Å². The normalized spacial score (nSPS) is 14.6. The summed E-state index contributed by atoms with van der Waals surface area (Å²) in [5.41, 5.74) is -0.631. The summed E-state index contributed by atoms with van der Waals surface area (Å²) in [5, 5.41) is 2.43. The first-order valence-electron chi connectivity index (χ1n) is 5.69. The number of hydrogen-bond donors (Lipinski definition) is 1. The molecule has 1 N–H and O–H groups in total. The maximum atomic E-state index is 11.5. The molecule has 0 radical (unpaired) electrons. The van der Waals surface area contributed by atoms with Gasteiger partial charge in [0, 0.05) is 0 Å². The van der Waals surface area contributed by atoms with E-state index in [9.17, 15) is 14.4 Å². The van der Waals surface area contributed by atoms with Crippen molar-refractivity contribution in [3.8, 4) is 0 Å². The molecule has 0 rings (SSSR count). The first-order valence-corrected chi connectivity index (χ1v) is 5.69. The van der Waals surface area contributed by atoms with Crippen LogP contribution in [-0.2, 0) is 14.3 Å². The van der Waals surface area contributed by atoms with E-state index < -0.39 is 23.5 Å². The van der Waals surface area contributed by atoms with E-state index in [1.165, 1.54) is 0 Å². The molecular weight excluding hydrogens is 222 g/mol. The fourth-order valence-corrected chi connectivity index (χ4v) is 1.24. The fraction of sp³-hybridized carbons (Fsp3) is 0.750. The van der Waals surface area contributed by atoms with Crippen molar-refractivity contribution in [1.29, 1.82) is 0 Å². The third kappa shape index (κ3) is 6.04. The van der Waals surface area contributed by atoms with E-state index in [1.54, 1.807) is 27.7 Å². The fourth-order valence-electron chi connectivity index (χ4n) is 1.24. The van der Waals surface area contributed by atoms with Crippen molar-refractivity contribution in [3.05, 3.63) is 0 Å². The van der Waals surface area contributed by atoms with Gasteiger partial charge < -0.3 is 10.1 Å². The number of ether oxygens (including phenoxy) is 1. The van der Waals surface area contributed by atoms with Crippen LogP contribution in [0.25, 0.3) is 0 Å². The predicted octanol–water partition coefficient (Wildman–Crippen LogP) is 1.69. The number of rotatable bonds is 5. The molecular formula is C12H21NO4. The highest BCUT2D eigenvalue weighted by Gasteiger charge is 2.27. The minimum Gasteiger partial charge on any atom is -0.444 e. The maximum absolute atomic E-state index is 11.5. The molecule has 0 aliphatic heterocycles. The lowest BCUT2D eigenvalue weighted by Crippen LogP contribution is -2.47. The number of ketones is 1. The summed E-state index contributed by atoms with van der Waals surface area (Å²) in [4.78, 5) is 33.4. The van der Waals surface area contributed by atoms with E-state index in [4.69, 9.17) is 4.74 Å². The largest absolute Gasteiger partial charge is 0.444 e. The molecule has 5 nitrogen and oxygen atoms in total. The van der Waals surface area contributed by atoms with Crippen LogP contribution in [0.5, 0.6) is 0 Å². The average Bonchev–Trinajstić information content (AvgIpc) is 2.21. The standard InChI is InChI=1S/C12H21NO4/c1-6-8(2)10(9(15)7-14)13-11(16)17-12(3,4)5/h7-8,10H,6H2,1-5H3,(H,13,16)/t8-,10-/m1/s1. The molecule has 17 heavy (non-hydrogen) atoms. The number of aldehydes is 1. The molecule has 0 unspecified atom stereocenters. The Morgan fingerprint density at radius 3 is 2.24 bits per heavy atom. The summed E-state index contributed by atoms with van der Waals surface area (Å²) >= 11 is 0. The summed E-state index contributed by atoms with van der Waals surface area (Å²) in [6.07, 6.45) is 0.229. The first kappa shape index (κ1) is 15.6. The topological polar surface area (TPSA) is 72.5 Å². The van der Waals surface area contributed by atoms with E-state index >= 15 is 0 Å². The van der Waals surface area contributed by atoms with Gasteiger partial charge in [-0.1, -0.05) is 20.3 Å². The third-order valence-corrected chi connectivity index (χ3v) is 2.31. The van der Waals surface area contributed by atoms with Crippen LogP contribution < -0.4 is 5.32 Å². The maximum Gasteiger partial charge on any atom is 0.408 e. The second-order valence-corrected chi connectivity index (χ2v) is 5.03. The number of carbonyl (C=O) groups is 3. The van der Waals surface area contributed by atoms with Gasteiger partial charge >= 0.3 is 6.09 Å². The molecule has 0 aromatic rings. The molecule has 0 saturated heterocycles. The molecule has 0 fully saturated rings. The van der Waals surface area contributed by atoms with Gasteiger partial charge in [0.05, 0.1) is 0 Å². The zero-order valence-electron chi connectivity index (χ0n) is 11.1. The van der Waals surface area contributed by atoms with Crippen molar-refractivity contribution in [3.63, 3.8) is 0 Å². The Balaban J connectivity index is 4.60. The number of Topliss-reactive ketones (excluding diaryl/α,β-unsaturated/α-hetero) is 1. The minimum atomic E-state index is -0.813. The molecule has 0 aliphatic rings. The predicted molar refractivity (Wildman–Crippen MR) is 63.7 cm³/mol. The third-order valence-electron chi connectivity index (χ3n) is 2.31. The van der Waals surface area contributed by atoms with Crippen LogP contribution in [0, 0.1) is 5.92 Å². The van der Waals surface area contributed by atoms with Gasteiger partial charge in [0.2, 0.25) is 5.78 Å². The van der Waals surface area contributed by atoms with Crippen LogP contribution in [0.1, 0.15) is 41.0 Å². The summed E-state index contributed by atoms with van der Waals surface area (Å²) in [6.45, 7) is 8.86. The lowest BCUT2D eigenvalue weighted by atomic mass is 9.96. The molecule has 0 spiro atoms. The summed E-state index contributed by atoms with van der Waals surface area (Å²) in [5.74, 6) is -0.745. The molecule has 0 aromatic carbocycles. The van der Waals surface area contributed by atoms with Gasteiger partial charge in [-0.2, -0.15) is 0 Å². The van der Waals surface area contributed by atoms with E-state index in [0.29, 0.717) is 6.42 Å². The lowest BCUT2D eigenvalue weighted by Gasteiger charge is -2.24. The van der Waals surface area contributed by atoms with E-state index in [-0.39, 0.29) is 12.2 Å². The summed E-state index contributed by atoms with van der Waals surface area (Å²) in [6, 6.07) is -0.813. The van der Waals surface area contributed by atoms with Crippen LogP contribution >= 0.6 is 0 Å². The van der Waals surface area contributed by atoms with Gasteiger partial charge in [-0.25, -0.2) is 4.79 Å². The Morgan fingerprint density at radius 1 is 1.35 bits per heavy atom.